The molecule has 0 saturated heterocycles. The number of hydrogen-bond donors (Lipinski definition) is 1. The van der Waals surface area contributed by atoms with E-state index < -0.39 is 21.7 Å². The van der Waals surface area contributed by atoms with E-state index >= 15 is 0 Å². The molecule has 148 valence electrons. The number of fused-ring (bicyclic) bond motifs is 1. The number of rotatable bonds is 4. The lowest BCUT2D eigenvalue weighted by Gasteiger charge is -2.18. The fraction of sp³-hybridized carbons (Fsp3) is 0.0952. The summed E-state index contributed by atoms with van der Waals surface area (Å²) < 4.78 is 54.2. The lowest BCUT2D eigenvalue weighted by Crippen LogP contribution is -2.28. The van der Waals surface area contributed by atoms with Gasteiger partial charge in [0.1, 0.15) is 11.6 Å². The summed E-state index contributed by atoms with van der Waals surface area (Å²) in [5.41, 5.74) is 1.56. The molecular weight excluding hydrogens is 398 g/mol. The summed E-state index contributed by atoms with van der Waals surface area (Å²) in [4.78, 5) is 14.3. The molecule has 0 unspecified atom stereocenters. The number of carbonyl (C=O) groups is 1. The van der Waals surface area contributed by atoms with Gasteiger partial charge in [-0.1, -0.05) is 18.2 Å². The summed E-state index contributed by atoms with van der Waals surface area (Å²) in [6.45, 7) is 0.437. The first-order valence-electron chi connectivity index (χ1n) is 8.83. The standard InChI is InChI=1S/C21H16F2N2O3S/c22-16-6-8-19(18(23)13-16)24-29(27,28)17-7-9-20-15(12-17)10-11-25(20)21(26)14-4-2-1-3-5-14/h1-9,12-13,24H,10-11H2. The third kappa shape index (κ3) is 3.71. The highest BCUT2D eigenvalue weighted by atomic mass is 32.2. The zero-order valence-electron chi connectivity index (χ0n) is 15.1. The third-order valence-corrected chi connectivity index (χ3v) is 6.06. The quantitative estimate of drug-likeness (QED) is 0.703. The second-order valence-corrected chi connectivity index (χ2v) is 8.28. The molecule has 0 radical (unpaired) electrons. The van der Waals surface area contributed by atoms with Gasteiger partial charge in [-0.05, 0) is 54.4 Å². The normalized spacial score (nSPS) is 13.2. The molecule has 0 atom stereocenters. The highest BCUT2D eigenvalue weighted by molar-refractivity contribution is 7.92. The summed E-state index contributed by atoms with van der Waals surface area (Å²) in [6, 6.07) is 15.8. The number of sulfonamides is 1. The van der Waals surface area contributed by atoms with E-state index in [4.69, 9.17) is 0 Å². The molecule has 3 aromatic rings. The number of hydrogen-bond acceptors (Lipinski definition) is 3. The Morgan fingerprint density at radius 1 is 0.966 bits per heavy atom. The van der Waals surface area contributed by atoms with Crippen LogP contribution in [0.3, 0.4) is 0 Å². The number of nitrogens with one attached hydrogen (secondary N) is 1. The average Bonchev–Trinajstić information content (AvgIpc) is 3.13. The number of amides is 1. The molecular formula is C21H16F2N2O3S. The highest BCUT2D eigenvalue weighted by Gasteiger charge is 2.27. The molecule has 29 heavy (non-hydrogen) atoms. The molecule has 1 heterocycles. The van der Waals surface area contributed by atoms with Crippen LogP contribution in [-0.4, -0.2) is 20.9 Å². The van der Waals surface area contributed by atoms with Crippen LogP contribution in [-0.2, 0) is 16.4 Å². The molecule has 8 heteroatoms. The van der Waals surface area contributed by atoms with E-state index in [0.29, 0.717) is 35.8 Å². The van der Waals surface area contributed by atoms with Crippen molar-refractivity contribution < 1.29 is 22.0 Å². The highest BCUT2D eigenvalue weighted by Crippen LogP contribution is 2.32. The second kappa shape index (κ2) is 7.29. The minimum atomic E-state index is -4.08. The molecule has 1 N–H and O–H groups in total. The molecule has 4 rings (SSSR count). The molecule has 0 saturated carbocycles. The summed E-state index contributed by atoms with van der Waals surface area (Å²) in [5.74, 6) is -1.97. The molecule has 1 aliphatic heterocycles. The molecule has 0 fully saturated rings. The topological polar surface area (TPSA) is 66.5 Å². The number of anilines is 2. The first kappa shape index (κ1) is 19.1. The van der Waals surface area contributed by atoms with Gasteiger partial charge in [-0.3, -0.25) is 9.52 Å². The lowest BCUT2D eigenvalue weighted by molar-refractivity contribution is 0.0989. The van der Waals surface area contributed by atoms with Gasteiger partial charge in [-0.2, -0.15) is 0 Å². The molecule has 5 nitrogen and oxygen atoms in total. The summed E-state index contributed by atoms with van der Waals surface area (Å²) >= 11 is 0. The van der Waals surface area contributed by atoms with Crippen molar-refractivity contribution in [2.75, 3.05) is 16.2 Å². The predicted molar refractivity (Wildman–Crippen MR) is 105 cm³/mol. The van der Waals surface area contributed by atoms with Gasteiger partial charge in [-0.25, -0.2) is 17.2 Å². The largest absolute Gasteiger partial charge is 0.308 e. The maximum Gasteiger partial charge on any atom is 0.261 e. The van der Waals surface area contributed by atoms with Gasteiger partial charge >= 0.3 is 0 Å². The number of benzene rings is 3. The van der Waals surface area contributed by atoms with Gasteiger partial charge in [0.2, 0.25) is 0 Å². The van der Waals surface area contributed by atoms with E-state index in [1.807, 2.05) is 6.07 Å². The fourth-order valence-electron chi connectivity index (χ4n) is 3.27. The fourth-order valence-corrected chi connectivity index (χ4v) is 4.39. The van der Waals surface area contributed by atoms with E-state index in [2.05, 4.69) is 4.72 Å². The Kier molecular flexibility index (Phi) is 4.79. The van der Waals surface area contributed by atoms with Gasteiger partial charge in [-0.15, -0.1) is 0 Å². The van der Waals surface area contributed by atoms with Gasteiger partial charge in [0.05, 0.1) is 10.6 Å². The van der Waals surface area contributed by atoms with Crippen LogP contribution in [0.1, 0.15) is 15.9 Å². The molecule has 0 bridgehead atoms. The van der Waals surface area contributed by atoms with Crippen molar-refractivity contribution in [2.24, 2.45) is 0 Å². The number of halogens is 2. The Hall–Kier alpha value is -3.26. The van der Waals surface area contributed by atoms with Crippen LogP contribution in [0.15, 0.2) is 71.6 Å². The molecule has 0 aliphatic carbocycles. The predicted octanol–water partition coefficient (Wildman–Crippen LogP) is 3.97. The minimum absolute atomic E-state index is 0.0611. The number of carbonyl (C=O) groups excluding carboxylic acids is 1. The maximum absolute atomic E-state index is 13.8. The third-order valence-electron chi connectivity index (χ3n) is 4.70. The molecule has 3 aromatic carbocycles. The van der Waals surface area contributed by atoms with Crippen molar-refractivity contribution >= 4 is 27.3 Å². The maximum atomic E-state index is 13.8. The second-order valence-electron chi connectivity index (χ2n) is 6.59. The van der Waals surface area contributed by atoms with E-state index in [1.165, 1.54) is 12.1 Å². The molecule has 1 amide bonds. The van der Waals surface area contributed by atoms with Crippen LogP contribution in [0, 0.1) is 11.6 Å². The summed E-state index contributed by atoms with van der Waals surface area (Å²) in [7, 11) is -4.08. The first-order chi connectivity index (χ1) is 13.8. The van der Waals surface area contributed by atoms with Crippen molar-refractivity contribution in [1.82, 2.24) is 0 Å². The zero-order chi connectivity index (χ0) is 20.6. The Morgan fingerprint density at radius 3 is 2.45 bits per heavy atom. The minimum Gasteiger partial charge on any atom is -0.308 e. The van der Waals surface area contributed by atoms with E-state index in [0.717, 1.165) is 12.1 Å². The molecule has 1 aliphatic rings. The lowest BCUT2D eigenvalue weighted by atomic mass is 10.1. The van der Waals surface area contributed by atoms with Crippen LogP contribution in [0.2, 0.25) is 0 Å². The van der Waals surface area contributed by atoms with Crippen molar-refractivity contribution in [3.8, 4) is 0 Å². The Balaban J connectivity index is 1.61. The van der Waals surface area contributed by atoms with E-state index in [9.17, 15) is 22.0 Å². The Labute approximate surface area is 166 Å². The molecule has 0 spiro atoms. The van der Waals surface area contributed by atoms with Crippen molar-refractivity contribution in [2.45, 2.75) is 11.3 Å². The SMILES string of the molecule is O=C(c1ccccc1)N1CCc2cc(S(=O)(=O)Nc3ccc(F)cc3F)ccc21. The van der Waals surface area contributed by atoms with Crippen molar-refractivity contribution in [3.05, 3.63) is 89.5 Å². The Bertz CT molecular complexity index is 1200. The van der Waals surface area contributed by atoms with Gasteiger partial charge < -0.3 is 4.90 Å². The van der Waals surface area contributed by atoms with Crippen molar-refractivity contribution in [3.63, 3.8) is 0 Å². The average molecular weight is 414 g/mol. The van der Waals surface area contributed by atoms with Gasteiger partial charge in [0.25, 0.3) is 15.9 Å². The first-order valence-corrected chi connectivity index (χ1v) is 10.3. The van der Waals surface area contributed by atoms with Crippen LogP contribution >= 0.6 is 0 Å². The molecule has 0 aromatic heterocycles. The van der Waals surface area contributed by atoms with Gasteiger partial charge in [0.15, 0.2) is 0 Å². The van der Waals surface area contributed by atoms with E-state index in [-0.39, 0.29) is 16.5 Å². The zero-order valence-corrected chi connectivity index (χ0v) is 15.9. The Morgan fingerprint density at radius 2 is 1.72 bits per heavy atom. The number of nitrogens with zero attached hydrogens (tertiary/aromatic N) is 1. The van der Waals surface area contributed by atoms with Crippen LogP contribution in [0.5, 0.6) is 0 Å². The smallest absolute Gasteiger partial charge is 0.261 e. The van der Waals surface area contributed by atoms with Crippen molar-refractivity contribution in [1.29, 1.82) is 0 Å². The van der Waals surface area contributed by atoms with Gasteiger partial charge in [0, 0.05) is 23.9 Å². The van der Waals surface area contributed by atoms with Crippen LogP contribution < -0.4 is 9.62 Å². The summed E-state index contributed by atoms with van der Waals surface area (Å²) in [6.07, 6.45) is 0.502. The van der Waals surface area contributed by atoms with Crippen LogP contribution in [0.25, 0.3) is 0 Å². The summed E-state index contributed by atoms with van der Waals surface area (Å²) in [5, 5.41) is 0. The van der Waals surface area contributed by atoms with E-state index in [1.54, 1.807) is 35.2 Å². The van der Waals surface area contributed by atoms with Crippen LogP contribution in [0.4, 0.5) is 20.2 Å². The monoisotopic (exact) mass is 414 g/mol.